The Bertz CT molecular complexity index is 669. The van der Waals surface area contributed by atoms with Crippen LogP contribution in [-0.2, 0) is 0 Å². The second-order valence-corrected chi connectivity index (χ2v) is 4.80. The summed E-state index contributed by atoms with van der Waals surface area (Å²) in [5.41, 5.74) is -0.549. The van der Waals surface area contributed by atoms with Crippen molar-refractivity contribution in [3.63, 3.8) is 0 Å². The molecule has 0 aromatic heterocycles. The van der Waals surface area contributed by atoms with Gasteiger partial charge in [-0.15, -0.1) is 0 Å². The Kier molecular flexibility index (Phi) is 4.62. The van der Waals surface area contributed by atoms with E-state index in [1.807, 2.05) is 0 Å². The lowest BCUT2D eigenvalue weighted by Gasteiger charge is -2.13. The third-order valence-corrected chi connectivity index (χ3v) is 3.46. The fraction of sp³-hybridized carbons (Fsp3) is 0.0714. The zero-order valence-corrected chi connectivity index (χ0v) is 11.8. The van der Waals surface area contributed by atoms with Crippen molar-refractivity contribution < 1.29 is 27.1 Å². The van der Waals surface area contributed by atoms with E-state index < -0.39 is 23.6 Å². The highest BCUT2D eigenvalue weighted by Crippen LogP contribution is 2.39. The fourth-order valence-corrected chi connectivity index (χ4v) is 2.28. The predicted molar refractivity (Wildman–Crippen MR) is 70.9 cm³/mol. The molecule has 0 saturated carbocycles. The van der Waals surface area contributed by atoms with Gasteiger partial charge in [0.25, 0.3) is 6.43 Å². The van der Waals surface area contributed by atoms with Gasteiger partial charge in [0.1, 0.15) is 23.1 Å². The maximum atomic E-state index is 13.1. The molecule has 0 fully saturated rings. The van der Waals surface area contributed by atoms with Crippen LogP contribution in [0, 0.1) is 11.6 Å². The first-order valence-corrected chi connectivity index (χ1v) is 6.41. The highest BCUT2D eigenvalue weighted by Gasteiger charge is 2.21. The van der Waals surface area contributed by atoms with Crippen LogP contribution in [0.2, 0.25) is 0 Å². The number of rotatable bonds is 4. The first-order chi connectivity index (χ1) is 9.92. The van der Waals surface area contributed by atoms with E-state index in [1.54, 1.807) is 0 Å². The van der Waals surface area contributed by atoms with Gasteiger partial charge in [-0.1, -0.05) is 0 Å². The summed E-state index contributed by atoms with van der Waals surface area (Å²) in [4.78, 5) is 10.7. The molecular weight excluding hydrogens is 356 g/mol. The summed E-state index contributed by atoms with van der Waals surface area (Å²) in [6.45, 7) is 0. The Hall–Kier alpha value is -1.89. The molecule has 2 rings (SSSR count). The van der Waals surface area contributed by atoms with Gasteiger partial charge in [0.15, 0.2) is 6.29 Å². The van der Waals surface area contributed by atoms with Gasteiger partial charge in [0, 0.05) is 28.2 Å². The molecule has 0 unspecified atom stereocenters. The summed E-state index contributed by atoms with van der Waals surface area (Å²) >= 11 is 2.90. The molecule has 0 aliphatic carbocycles. The maximum Gasteiger partial charge on any atom is 0.268 e. The van der Waals surface area contributed by atoms with Crippen LogP contribution < -0.4 is 4.74 Å². The number of hydrogen-bond donors (Lipinski definition) is 0. The van der Waals surface area contributed by atoms with Crippen molar-refractivity contribution in [1.82, 2.24) is 0 Å². The van der Waals surface area contributed by atoms with Crippen molar-refractivity contribution in [1.29, 1.82) is 0 Å². The molecule has 0 spiro atoms. The SMILES string of the molecule is O=Cc1ccc(Oc2cc(F)cc(F)c2)c(C(F)F)c1Br. The molecule has 0 heterocycles. The number of alkyl halides is 2. The van der Waals surface area contributed by atoms with E-state index in [9.17, 15) is 22.4 Å². The van der Waals surface area contributed by atoms with Crippen molar-refractivity contribution in [2.45, 2.75) is 6.43 Å². The number of benzene rings is 2. The van der Waals surface area contributed by atoms with Crippen molar-refractivity contribution in [3.8, 4) is 11.5 Å². The highest BCUT2D eigenvalue weighted by atomic mass is 79.9. The smallest absolute Gasteiger partial charge is 0.268 e. The molecule has 0 N–H and O–H groups in total. The van der Waals surface area contributed by atoms with Crippen LogP contribution in [0.3, 0.4) is 0 Å². The van der Waals surface area contributed by atoms with Crippen molar-refractivity contribution in [2.75, 3.05) is 0 Å². The first kappa shape index (κ1) is 15.5. The van der Waals surface area contributed by atoms with Gasteiger partial charge in [-0.2, -0.15) is 0 Å². The molecule has 0 amide bonds. The minimum Gasteiger partial charge on any atom is -0.457 e. The van der Waals surface area contributed by atoms with Crippen LogP contribution in [-0.4, -0.2) is 6.29 Å². The first-order valence-electron chi connectivity index (χ1n) is 5.62. The average molecular weight is 363 g/mol. The molecule has 2 nitrogen and oxygen atoms in total. The van der Waals surface area contributed by atoms with E-state index >= 15 is 0 Å². The number of halogens is 5. The molecule has 0 aliphatic heterocycles. The second kappa shape index (κ2) is 6.26. The molecule has 0 saturated heterocycles. The molecular formula is C14H7BrF4O2. The van der Waals surface area contributed by atoms with Crippen molar-refractivity contribution in [3.05, 3.63) is 57.6 Å². The molecule has 2 aromatic rings. The van der Waals surface area contributed by atoms with E-state index in [-0.39, 0.29) is 21.5 Å². The Balaban J connectivity index is 2.48. The van der Waals surface area contributed by atoms with Gasteiger partial charge in [0.05, 0.1) is 5.56 Å². The third kappa shape index (κ3) is 3.41. The maximum absolute atomic E-state index is 13.1. The van der Waals surface area contributed by atoms with Crippen LogP contribution in [0.25, 0.3) is 0 Å². The summed E-state index contributed by atoms with van der Waals surface area (Å²) < 4.78 is 57.3. The molecule has 0 aliphatic rings. The summed E-state index contributed by atoms with van der Waals surface area (Å²) in [7, 11) is 0. The molecule has 2 aromatic carbocycles. The molecule has 0 radical (unpaired) electrons. The molecule has 110 valence electrons. The quantitative estimate of drug-likeness (QED) is 0.547. The number of aldehydes is 1. The lowest BCUT2D eigenvalue weighted by Crippen LogP contribution is -1.97. The zero-order valence-electron chi connectivity index (χ0n) is 10.2. The van der Waals surface area contributed by atoms with Gasteiger partial charge in [0.2, 0.25) is 0 Å². The zero-order chi connectivity index (χ0) is 15.6. The van der Waals surface area contributed by atoms with Crippen LogP contribution in [0.1, 0.15) is 22.3 Å². The predicted octanol–water partition coefficient (Wildman–Crippen LogP) is 5.27. The van der Waals surface area contributed by atoms with Gasteiger partial charge in [-0.25, -0.2) is 17.6 Å². The fourth-order valence-electron chi connectivity index (χ4n) is 1.69. The monoisotopic (exact) mass is 362 g/mol. The van der Waals surface area contributed by atoms with E-state index in [0.29, 0.717) is 12.4 Å². The van der Waals surface area contributed by atoms with E-state index in [2.05, 4.69) is 15.9 Å². The highest BCUT2D eigenvalue weighted by molar-refractivity contribution is 9.10. The Morgan fingerprint density at radius 1 is 1.10 bits per heavy atom. The van der Waals surface area contributed by atoms with Crippen molar-refractivity contribution in [2.24, 2.45) is 0 Å². The number of carbonyl (C=O) groups is 1. The van der Waals surface area contributed by atoms with Gasteiger partial charge in [-0.3, -0.25) is 4.79 Å². The Labute approximate surface area is 125 Å². The summed E-state index contributed by atoms with van der Waals surface area (Å²) in [6.07, 6.45) is -2.53. The third-order valence-electron chi connectivity index (χ3n) is 2.58. The van der Waals surface area contributed by atoms with E-state index in [0.717, 1.165) is 18.2 Å². The van der Waals surface area contributed by atoms with E-state index in [4.69, 9.17) is 4.74 Å². The van der Waals surface area contributed by atoms with Crippen LogP contribution in [0.15, 0.2) is 34.8 Å². The summed E-state index contributed by atoms with van der Waals surface area (Å²) in [5, 5.41) is 0. The topological polar surface area (TPSA) is 26.3 Å². The standard InChI is InChI=1S/C14H7BrF4O2/c15-13-7(6-20)1-2-11(12(13)14(18)19)21-10-4-8(16)3-9(17)5-10/h1-6,14H. The molecule has 21 heavy (non-hydrogen) atoms. The van der Waals surface area contributed by atoms with Crippen molar-refractivity contribution >= 4 is 22.2 Å². The van der Waals surface area contributed by atoms with Gasteiger partial charge >= 0.3 is 0 Å². The lowest BCUT2D eigenvalue weighted by molar-refractivity contribution is 0.112. The molecule has 0 bridgehead atoms. The Morgan fingerprint density at radius 2 is 1.71 bits per heavy atom. The minimum absolute atomic E-state index is 0.0167. The van der Waals surface area contributed by atoms with Crippen LogP contribution in [0.4, 0.5) is 17.6 Å². The average Bonchev–Trinajstić information content (AvgIpc) is 2.37. The van der Waals surface area contributed by atoms with E-state index in [1.165, 1.54) is 6.07 Å². The summed E-state index contributed by atoms with van der Waals surface area (Å²) in [5.74, 6) is -2.35. The van der Waals surface area contributed by atoms with Gasteiger partial charge in [-0.05, 0) is 28.1 Å². The number of carbonyl (C=O) groups excluding carboxylic acids is 1. The number of hydrogen-bond acceptors (Lipinski definition) is 2. The molecule has 7 heteroatoms. The largest absolute Gasteiger partial charge is 0.457 e. The summed E-state index contributed by atoms with van der Waals surface area (Å²) in [6, 6.07) is 4.75. The Morgan fingerprint density at radius 3 is 2.24 bits per heavy atom. The lowest BCUT2D eigenvalue weighted by atomic mass is 10.1. The normalized spacial score (nSPS) is 10.8. The van der Waals surface area contributed by atoms with Crippen LogP contribution >= 0.6 is 15.9 Å². The molecule has 0 atom stereocenters. The minimum atomic E-state index is -2.94. The van der Waals surface area contributed by atoms with Crippen LogP contribution in [0.5, 0.6) is 11.5 Å². The second-order valence-electron chi connectivity index (χ2n) is 4.01. The van der Waals surface area contributed by atoms with Gasteiger partial charge < -0.3 is 4.74 Å². The number of ether oxygens (including phenoxy) is 1.